The maximum absolute atomic E-state index is 12.3. The first-order valence-electron chi connectivity index (χ1n) is 7.24. The summed E-state index contributed by atoms with van der Waals surface area (Å²) in [4.78, 5) is 14.4. The molecule has 1 atom stereocenters. The van der Waals surface area contributed by atoms with Gasteiger partial charge in [0.2, 0.25) is 5.91 Å². The summed E-state index contributed by atoms with van der Waals surface area (Å²) >= 11 is 5.88. The Morgan fingerprint density at radius 1 is 1.36 bits per heavy atom. The molecule has 0 fully saturated rings. The zero-order valence-electron chi connectivity index (χ0n) is 12.3. The molecule has 0 saturated carbocycles. The minimum Gasteiger partial charge on any atom is -0.397 e. The van der Waals surface area contributed by atoms with Crippen molar-refractivity contribution in [2.75, 3.05) is 22.5 Å². The summed E-state index contributed by atoms with van der Waals surface area (Å²) in [6, 6.07) is 13.6. The first kappa shape index (κ1) is 14.7. The second-order valence-corrected chi connectivity index (χ2v) is 6.00. The Bertz CT molecular complexity index is 717. The van der Waals surface area contributed by atoms with Gasteiger partial charge in [0.15, 0.2) is 0 Å². The van der Waals surface area contributed by atoms with Gasteiger partial charge in [0.25, 0.3) is 0 Å². The van der Waals surface area contributed by atoms with E-state index in [1.165, 1.54) is 5.56 Å². The maximum Gasteiger partial charge on any atom is 0.243 e. The molecule has 0 bridgehead atoms. The van der Waals surface area contributed by atoms with E-state index in [4.69, 9.17) is 17.3 Å². The van der Waals surface area contributed by atoms with Gasteiger partial charge in [-0.25, -0.2) is 0 Å². The van der Waals surface area contributed by atoms with Crippen molar-refractivity contribution < 1.29 is 4.79 Å². The second kappa shape index (κ2) is 5.89. The van der Waals surface area contributed by atoms with Gasteiger partial charge in [-0.2, -0.15) is 0 Å². The molecule has 0 aliphatic carbocycles. The van der Waals surface area contributed by atoms with E-state index in [0.29, 0.717) is 29.0 Å². The van der Waals surface area contributed by atoms with Gasteiger partial charge in [-0.15, -0.1) is 0 Å². The number of benzene rings is 2. The van der Waals surface area contributed by atoms with Crippen molar-refractivity contribution in [3.8, 4) is 0 Å². The smallest absolute Gasteiger partial charge is 0.243 e. The van der Waals surface area contributed by atoms with Gasteiger partial charge in [0.05, 0.1) is 17.3 Å². The summed E-state index contributed by atoms with van der Waals surface area (Å²) in [7, 11) is 0. The van der Waals surface area contributed by atoms with Crippen molar-refractivity contribution in [1.82, 2.24) is 0 Å². The lowest BCUT2D eigenvalue weighted by Crippen LogP contribution is -2.37. The Balaban J connectivity index is 1.70. The molecule has 22 heavy (non-hydrogen) atoms. The highest BCUT2D eigenvalue weighted by molar-refractivity contribution is 6.33. The van der Waals surface area contributed by atoms with Crippen LogP contribution in [0.25, 0.3) is 0 Å². The van der Waals surface area contributed by atoms with Gasteiger partial charge in [-0.3, -0.25) is 4.79 Å². The number of carbonyl (C=O) groups excluding carboxylic acids is 1. The van der Waals surface area contributed by atoms with Crippen LogP contribution in [0.1, 0.15) is 12.5 Å². The zero-order chi connectivity index (χ0) is 15.7. The number of para-hydroxylation sites is 1. The van der Waals surface area contributed by atoms with Crippen LogP contribution in [-0.2, 0) is 11.2 Å². The van der Waals surface area contributed by atoms with Crippen LogP contribution in [0.4, 0.5) is 17.1 Å². The number of halogens is 1. The van der Waals surface area contributed by atoms with Crippen molar-refractivity contribution in [1.29, 1.82) is 0 Å². The number of amides is 1. The predicted octanol–water partition coefficient (Wildman–Crippen LogP) is 3.31. The molecule has 1 heterocycles. The molecular formula is C17H18ClN3O. The molecule has 2 aromatic rings. The molecule has 0 radical (unpaired) electrons. The van der Waals surface area contributed by atoms with E-state index in [2.05, 4.69) is 29.3 Å². The van der Waals surface area contributed by atoms with Crippen molar-refractivity contribution >= 4 is 34.6 Å². The molecule has 4 nitrogen and oxygen atoms in total. The first-order valence-corrected chi connectivity index (χ1v) is 7.62. The standard InChI is InChI=1S/C17H18ClN3O/c1-11-8-12-4-2-3-5-16(12)21(11)10-17(22)20-13-6-7-14(18)15(19)9-13/h2-7,9,11H,8,10,19H2,1H3,(H,20,22). The lowest BCUT2D eigenvalue weighted by atomic mass is 10.1. The fourth-order valence-corrected chi connectivity index (χ4v) is 2.96. The lowest BCUT2D eigenvalue weighted by Gasteiger charge is -2.24. The van der Waals surface area contributed by atoms with E-state index in [9.17, 15) is 4.79 Å². The topological polar surface area (TPSA) is 58.4 Å². The number of nitrogens with one attached hydrogen (secondary N) is 1. The van der Waals surface area contributed by atoms with E-state index in [1.807, 2.05) is 12.1 Å². The largest absolute Gasteiger partial charge is 0.397 e. The van der Waals surface area contributed by atoms with Crippen LogP contribution in [0.2, 0.25) is 5.02 Å². The molecule has 1 aliphatic rings. The number of hydrogen-bond acceptors (Lipinski definition) is 3. The minimum atomic E-state index is -0.0646. The summed E-state index contributed by atoms with van der Waals surface area (Å²) in [6.45, 7) is 2.45. The highest BCUT2D eigenvalue weighted by Crippen LogP contribution is 2.31. The molecule has 2 aromatic carbocycles. The van der Waals surface area contributed by atoms with E-state index in [-0.39, 0.29) is 5.91 Å². The van der Waals surface area contributed by atoms with E-state index in [0.717, 1.165) is 12.1 Å². The monoisotopic (exact) mass is 315 g/mol. The van der Waals surface area contributed by atoms with Crippen molar-refractivity contribution in [2.24, 2.45) is 0 Å². The Morgan fingerprint density at radius 2 is 2.14 bits per heavy atom. The number of carbonyl (C=O) groups is 1. The summed E-state index contributed by atoms with van der Waals surface area (Å²) < 4.78 is 0. The Labute approximate surface area is 134 Å². The Kier molecular flexibility index (Phi) is 3.94. The molecule has 3 N–H and O–H groups in total. The predicted molar refractivity (Wildman–Crippen MR) is 91.4 cm³/mol. The molecule has 1 unspecified atom stereocenters. The summed E-state index contributed by atoms with van der Waals surface area (Å²) in [5.41, 5.74) is 9.30. The third kappa shape index (κ3) is 2.88. The molecule has 0 spiro atoms. The van der Waals surface area contributed by atoms with Crippen molar-refractivity contribution in [3.05, 3.63) is 53.1 Å². The molecule has 0 aromatic heterocycles. The van der Waals surface area contributed by atoms with Crippen LogP contribution in [0.5, 0.6) is 0 Å². The highest BCUT2D eigenvalue weighted by atomic mass is 35.5. The van der Waals surface area contributed by atoms with Crippen LogP contribution in [0, 0.1) is 0 Å². The number of fused-ring (bicyclic) bond motifs is 1. The van der Waals surface area contributed by atoms with Crippen LogP contribution in [-0.4, -0.2) is 18.5 Å². The average molecular weight is 316 g/mol. The fourth-order valence-electron chi connectivity index (χ4n) is 2.85. The van der Waals surface area contributed by atoms with E-state index in [1.54, 1.807) is 18.2 Å². The zero-order valence-corrected chi connectivity index (χ0v) is 13.1. The van der Waals surface area contributed by atoms with E-state index < -0.39 is 0 Å². The van der Waals surface area contributed by atoms with Gasteiger partial charge in [-0.1, -0.05) is 29.8 Å². The lowest BCUT2D eigenvalue weighted by molar-refractivity contribution is -0.115. The fraction of sp³-hybridized carbons (Fsp3) is 0.235. The molecule has 1 aliphatic heterocycles. The number of nitrogens with two attached hydrogens (primary N) is 1. The van der Waals surface area contributed by atoms with Crippen LogP contribution in [0.3, 0.4) is 0 Å². The maximum atomic E-state index is 12.3. The molecule has 114 valence electrons. The number of hydrogen-bond donors (Lipinski definition) is 2. The van der Waals surface area contributed by atoms with Gasteiger partial charge in [0, 0.05) is 17.4 Å². The molecule has 0 saturated heterocycles. The number of nitrogens with zero attached hydrogens (tertiary/aromatic N) is 1. The highest BCUT2D eigenvalue weighted by Gasteiger charge is 2.26. The van der Waals surface area contributed by atoms with Crippen LogP contribution >= 0.6 is 11.6 Å². The molecule has 5 heteroatoms. The number of anilines is 3. The Morgan fingerprint density at radius 3 is 2.91 bits per heavy atom. The third-order valence-corrected chi connectivity index (χ3v) is 4.29. The summed E-state index contributed by atoms with van der Waals surface area (Å²) in [5, 5.41) is 3.36. The summed E-state index contributed by atoms with van der Waals surface area (Å²) in [6.07, 6.45) is 0.970. The van der Waals surface area contributed by atoms with Crippen molar-refractivity contribution in [3.63, 3.8) is 0 Å². The number of nitrogen functional groups attached to an aromatic ring is 1. The molecule has 1 amide bonds. The first-order chi connectivity index (χ1) is 10.5. The van der Waals surface area contributed by atoms with Gasteiger partial charge >= 0.3 is 0 Å². The van der Waals surface area contributed by atoms with E-state index >= 15 is 0 Å². The average Bonchev–Trinajstić information content (AvgIpc) is 2.79. The summed E-state index contributed by atoms with van der Waals surface area (Å²) in [5.74, 6) is -0.0646. The van der Waals surface area contributed by atoms with Crippen molar-refractivity contribution in [2.45, 2.75) is 19.4 Å². The number of rotatable bonds is 3. The minimum absolute atomic E-state index is 0.0646. The van der Waals surface area contributed by atoms with Gasteiger partial charge in [0.1, 0.15) is 0 Å². The SMILES string of the molecule is CC1Cc2ccccc2N1CC(=O)Nc1ccc(Cl)c(N)c1. The molecular weight excluding hydrogens is 298 g/mol. The molecule has 3 rings (SSSR count). The quantitative estimate of drug-likeness (QED) is 0.854. The second-order valence-electron chi connectivity index (χ2n) is 5.59. The Hall–Kier alpha value is -2.20. The van der Waals surface area contributed by atoms with Crippen LogP contribution < -0.4 is 16.0 Å². The van der Waals surface area contributed by atoms with Crippen LogP contribution in [0.15, 0.2) is 42.5 Å². The van der Waals surface area contributed by atoms with Gasteiger partial charge < -0.3 is 16.0 Å². The van der Waals surface area contributed by atoms with Gasteiger partial charge in [-0.05, 0) is 43.2 Å². The normalized spacial score (nSPS) is 16.5. The third-order valence-electron chi connectivity index (χ3n) is 3.94.